The van der Waals surface area contributed by atoms with Gasteiger partial charge >= 0.3 is 0 Å². The lowest BCUT2D eigenvalue weighted by atomic mass is 10.0. The molecule has 8 heterocycles. The summed E-state index contributed by atoms with van der Waals surface area (Å²) in [5.41, 5.74) is 26.2. The van der Waals surface area contributed by atoms with E-state index in [2.05, 4.69) is 370 Å². The van der Waals surface area contributed by atoms with E-state index in [1.807, 2.05) is 36.4 Å². The molecular formula is C104H64N8O2. The van der Waals surface area contributed by atoms with Crippen molar-refractivity contribution in [2.45, 2.75) is 0 Å². The molecule has 0 atom stereocenters. The van der Waals surface area contributed by atoms with Crippen LogP contribution >= 0.6 is 0 Å². The van der Waals surface area contributed by atoms with Gasteiger partial charge in [-0.05, 0) is 150 Å². The smallest absolute Gasteiger partial charge is 0.235 e. The molecule has 0 saturated carbocycles. The van der Waals surface area contributed by atoms with Gasteiger partial charge in [0.25, 0.3) is 0 Å². The maximum absolute atomic E-state index is 6.59. The van der Waals surface area contributed by atoms with Crippen molar-refractivity contribution in [3.63, 3.8) is 0 Å². The first kappa shape index (κ1) is 64.5. The summed E-state index contributed by atoms with van der Waals surface area (Å²) >= 11 is 0. The molecule has 0 aliphatic heterocycles. The molecule has 0 amide bonds. The van der Waals surface area contributed by atoms with Crippen molar-refractivity contribution in [1.82, 2.24) is 38.2 Å². The number of hydrogen-bond acceptors (Lipinski definition) is 6. The predicted octanol–water partition coefficient (Wildman–Crippen LogP) is 27.1. The molecule has 0 aliphatic rings. The monoisotopic (exact) mass is 1460 g/mol. The van der Waals surface area contributed by atoms with E-state index in [1.165, 1.54) is 43.4 Å². The Bertz CT molecular complexity index is 7980. The van der Waals surface area contributed by atoms with E-state index in [0.29, 0.717) is 11.9 Å². The van der Waals surface area contributed by atoms with E-state index in [0.717, 1.165) is 166 Å². The highest BCUT2D eigenvalue weighted by molar-refractivity contribution is 6.30. The Labute approximate surface area is 652 Å². The van der Waals surface area contributed by atoms with Crippen LogP contribution in [0, 0.1) is 0 Å². The molecule has 0 saturated heterocycles. The summed E-state index contributed by atoms with van der Waals surface area (Å²) in [6.45, 7) is 0. The minimum Gasteiger partial charge on any atom is -0.456 e. The summed E-state index contributed by atoms with van der Waals surface area (Å²) in [4.78, 5) is 21.7. The molecule has 10 heteroatoms. The summed E-state index contributed by atoms with van der Waals surface area (Å²) in [6.07, 6.45) is 0. The number of furan rings is 2. The Hall–Kier alpha value is -15.5. The average Bonchev–Trinajstić information content (AvgIpc) is 1.53. The number of benzene rings is 16. The molecule has 532 valence electrons. The molecule has 0 spiro atoms. The quantitative estimate of drug-likeness (QED) is 0.135. The molecule has 0 N–H and O–H groups in total. The van der Waals surface area contributed by atoms with Crippen molar-refractivity contribution >= 4 is 131 Å². The molecular weight excluding hydrogens is 1390 g/mol. The average molecular weight is 1460 g/mol. The maximum atomic E-state index is 6.59. The Balaban J connectivity index is 0.000000135. The SMILES string of the molecule is c1ccc(-c2cccc(-c3cc(-c4ccc5c(c4)oc4ccccc45)nc(-n4c5ccccc5c5c6c7ccccc7n(-c7ccccc7)c6ccc54)n3)c2)cc1.c1ccc(-c2cccc(-c3cc(-c4cccc5c4oc4ccccc45)nc(-n4c5ccccc5c5c6c7ccccc7n(-c7ccccc7)c6ccc54)n3)c2)cc1. The van der Waals surface area contributed by atoms with Gasteiger partial charge in [-0.2, -0.15) is 0 Å². The lowest BCUT2D eigenvalue weighted by Gasteiger charge is -2.13. The topological polar surface area (TPSA) is 97.6 Å². The fraction of sp³-hybridized carbons (Fsp3) is 0. The second-order valence-corrected chi connectivity index (χ2v) is 29.1. The Morgan fingerprint density at radius 2 is 0.509 bits per heavy atom. The normalized spacial score (nSPS) is 11.9. The number of fused-ring (bicyclic) bond motifs is 20. The maximum Gasteiger partial charge on any atom is 0.235 e. The number of para-hydroxylation sites is 9. The summed E-state index contributed by atoms with van der Waals surface area (Å²) in [6, 6.07) is 137. The van der Waals surface area contributed by atoms with E-state index in [1.54, 1.807) is 0 Å². The lowest BCUT2D eigenvalue weighted by molar-refractivity contribution is 0.669. The Morgan fingerprint density at radius 1 is 0.184 bits per heavy atom. The summed E-state index contributed by atoms with van der Waals surface area (Å²) in [7, 11) is 0. The highest BCUT2D eigenvalue weighted by atomic mass is 16.3. The molecule has 0 unspecified atom stereocenters. The molecule has 8 aromatic heterocycles. The van der Waals surface area contributed by atoms with Crippen LogP contribution in [0.4, 0.5) is 0 Å². The Kier molecular flexibility index (Phi) is 14.8. The molecule has 0 fully saturated rings. The van der Waals surface area contributed by atoms with E-state index >= 15 is 0 Å². The molecule has 0 aliphatic carbocycles. The molecule has 0 radical (unpaired) electrons. The van der Waals surface area contributed by atoms with Crippen LogP contribution < -0.4 is 0 Å². The highest BCUT2D eigenvalue weighted by Gasteiger charge is 2.27. The number of hydrogen-bond donors (Lipinski definition) is 0. The summed E-state index contributed by atoms with van der Waals surface area (Å²) in [5, 5.41) is 13.8. The first-order valence-corrected chi connectivity index (χ1v) is 38.5. The van der Waals surface area contributed by atoms with Gasteiger partial charge in [0.2, 0.25) is 11.9 Å². The van der Waals surface area contributed by atoms with Crippen molar-refractivity contribution in [2.75, 3.05) is 0 Å². The van der Waals surface area contributed by atoms with Crippen LogP contribution in [0.5, 0.6) is 0 Å². The van der Waals surface area contributed by atoms with Crippen molar-refractivity contribution in [2.24, 2.45) is 0 Å². The van der Waals surface area contributed by atoms with Crippen molar-refractivity contribution in [3.05, 3.63) is 388 Å². The van der Waals surface area contributed by atoms with Crippen LogP contribution in [-0.4, -0.2) is 38.2 Å². The fourth-order valence-corrected chi connectivity index (χ4v) is 17.6. The van der Waals surface area contributed by atoms with Crippen LogP contribution in [0.3, 0.4) is 0 Å². The van der Waals surface area contributed by atoms with Crippen LogP contribution in [0.2, 0.25) is 0 Å². The van der Waals surface area contributed by atoms with Crippen LogP contribution in [0.15, 0.2) is 397 Å². The largest absolute Gasteiger partial charge is 0.456 e. The third-order valence-electron chi connectivity index (χ3n) is 22.7. The fourth-order valence-electron chi connectivity index (χ4n) is 17.6. The zero-order chi connectivity index (χ0) is 74.9. The van der Waals surface area contributed by atoms with Gasteiger partial charge in [0.15, 0.2) is 0 Å². The van der Waals surface area contributed by atoms with E-state index < -0.39 is 0 Å². The molecule has 24 rings (SSSR count). The van der Waals surface area contributed by atoms with Crippen LogP contribution in [0.25, 0.3) is 222 Å². The zero-order valence-electron chi connectivity index (χ0n) is 61.3. The van der Waals surface area contributed by atoms with Gasteiger partial charge in [0.05, 0.1) is 66.9 Å². The number of rotatable bonds is 10. The second-order valence-electron chi connectivity index (χ2n) is 29.1. The minimum absolute atomic E-state index is 0.595. The van der Waals surface area contributed by atoms with Gasteiger partial charge in [-0.3, -0.25) is 9.13 Å². The third kappa shape index (κ3) is 10.4. The van der Waals surface area contributed by atoms with E-state index in [-0.39, 0.29) is 0 Å². The number of aromatic nitrogens is 8. The first-order valence-electron chi connectivity index (χ1n) is 38.5. The number of nitrogens with zero attached hydrogens (tertiary/aromatic N) is 8. The first-order chi connectivity index (χ1) is 56.5. The molecule has 16 aromatic carbocycles. The molecule has 10 nitrogen and oxygen atoms in total. The Morgan fingerprint density at radius 3 is 0.982 bits per heavy atom. The van der Waals surface area contributed by atoms with Crippen molar-refractivity contribution in [3.8, 4) is 90.6 Å². The molecule has 0 bridgehead atoms. The van der Waals surface area contributed by atoms with Crippen LogP contribution in [-0.2, 0) is 0 Å². The van der Waals surface area contributed by atoms with Crippen molar-refractivity contribution in [1.29, 1.82) is 0 Å². The zero-order valence-corrected chi connectivity index (χ0v) is 61.3. The lowest BCUT2D eigenvalue weighted by Crippen LogP contribution is -2.04. The summed E-state index contributed by atoms with van der Waals surface area (Å²) < 4.78 is 22.2. The predicted molar refractivity (Wildman–Crippen MR) is 469 cm³/mol. The van der Waals surface area contributed by atoms with Gasteiger partial charge in [-0.25, -0.2) is 19.9 Å². The standard InChI is InChI=1S/2C52H32N4O/c1-3-15-33(16-4-1)34-17-13-18-35(31-34)42-32-43(39-25-14-24-38-37-21-9-12-28-48(37)57-51(38)39)54-52(53-42)56-45-27-11-8-23-41(45)50-47(56)30-29-46-49(50)40-22-7-10-26-44(40)55(46)36-19-5-2-6-20-36;1-3-14-33(15-4-1)34-16-13-17-35(30-34)42-32-43(36-26-27-39-38-20-9-12-25-48(38)57-49(39)31-36)54-52(53-42)56-45-24-11-8-22-41(45)51-47(56)29-28-46-50(51)40-21-7-10-23-44(40)55(46)37-18-5-2-6-19-37/h2*1-32H. The van der Waals surface area contributed by atoms with Gasteiger partial charge in [-0.15, -0.1) is 0 Å². The van der Waals surface area contributed by atoms with Gasteiger partial charge < -0.3 is 18.0 Å². The summed E-state index contributed by atoms with van der Waals surface area (Å²) in [5.74, 6) is 1.20. The van der Waals surface area contributed by atoms with E-state index in [9.17, 15) is 0 Å². The highest BCUT2D eigenvalue weighted by Crippen LogP contribution is 2.47. The second kappa shape index (κ2) is 26.1. The third-order valence-corrected chi connectivity index (χ3v) is 22.7. The molecule has 24 aromatic rings. The molecule has 114 heavy (non-hydrogen) atoms. The van der Waals surface area contributed by atoms with Crippen LogP contribution in [0.1, 0.15) is 0 Å². The minimum atomic E-state index is 0.595. The van der Waals surface area contributed by atoms with Gasteiger partial charge in [0.1, 0.15) is 22.3 Å². The van der Waals surface area contributed by atoms with Gasteiger partial charge in [-0.1, -0.05) is 261 Å². The van der Waals surface area contributed by atoms with E-state index in [4.69, 9.17) is 28.8 Å². The van der Waals surface area contributed by atoms with Crippen molar-refractivity contribution < 1.29 is 8.83 Å². The van der Waals surface area contributed by atoms with Gasteiger partial charge in [0, 0.05) is 98.3 Å².